The van der Waals surface area contributed by atoms with E-state index in [4.69, 9.17) is 16.3 Å². The highest BCUT2D eigenvalue weighted by molar-refractivity contribution is 6.30. The molecule has 2 N–H and O–H groups in total. The molecule has 1 aliphatic heterocycles. The van der Waals surface area contributed by atoms with Gasteiger partial charge in [0.1, 0.15) is 18.4 Å². The zero-order chi connectivity index (χ0) is 21.6. The number of anilines is 1. The molecule has 1 aliphatic rings. The standard InChI is InChI=1S/C22H26ClN7O/c1-24-22(26-12-16-3-6-19(7-4-16)30-15-25-14-27-30)28-18-9-10-29(13-18)20-11-17(23)5-8-21(20)31-2/h3-8,11,14-15,18H,9-10,12-13H2,1-2H3,(H2,24,26,28). The summed E-state index contributed by atoms with van der Waals surface area (Å²) >= 11 is 6.20. The number of ether oxygens (including phenoxy) is 1. The van der Waals surface area contributed by atoms with Crippen molar-refractivity contribution in [1.82, 2.24) is 25.4 Å². The largest absolute Gasteiger partial charge is 0.495 e. The smallest absolute Gasteiger partial charge is 0.191 e. The molecule has 1 saturated heterocycles. The van der Waals surface area contributed by atoms with Crippen LogP contribution >= 0.6 is 11.6 Å². The number of hydrogen-bond donors (Lipinski definition) is 2. The maximum absolute atomic E-state index is 6.20. The molecule has 0 radical (unpaired) electrons. The van der Waals surface area contributed by atoms with E-state index in [9.17, 15) is 0 Å². The highest BCUT2D eigenvalue weighted by Gasteiger charge is 2.25. The fraction of sp³-hybridized carbons (Fsp3) is 0.318. The molecule has 8 nitrogen and oxygen atoms in total. The fourth-order valence-corrected chi connectivity index (χ4v) is 3.86. The van der Waals surface area contributed by atoms with E-state index in [1.807, 2.05) is 30.3 Å². The van der Waals surface area contributed by atoms with Crippen molar-refractivity contribution in [3.8, 4) is 11.4 Å². The number of guanidine groups is 1. The summed E-state index contributed by atoms with van der Waals surface area (Å²) in [6.07, 6.45) is 4.21. The van der Waals surface area contributed by atoms with Crippen molar-refractivity contribution >= 4 is 23.2 Å². The van der Waals surface area contributed by atoms with Gasteiger partial charge in [0.2, 0.25) is 0 Å². The monoisotopic (exact) mass is 439 g/mol. The van der Waals surface area contributed by atoms with Gasteiger partial charge in [0.25, 0.3) is 0 Å². The normalized spacial score (nSPS) is 16.4. The van der Waals surface area contributed by atoms with Crippen LogP contribution in [0.5, 0.6) is 5.75 Å². The Morgan fingerprint density at radius 2 is 2.10 bits per heavy atom. The van der Waals surface area contributed by atoms with Crippen LogP contribution in [0.4, 0.5) is 5.69 Å². The van der Waals surface area contributed by atoms with Crippen LogP contribution in [0.2, 0.25) is 5.02 Å². The molecule has 162 valence electrons. The average Bonchev–Trinajstić information content (AvgIpc) is 3.49. The van der Waals surface area contributed by atoms with Crippen LogP contribution < -0.4 is 20.3 Å². The Morgan fingerprint density at radius 1 is 1.26 bits per heavy atom. The van der Waals surface area contributed by atoms with Crippen molar-refractivity contribution in [3.63, 3.8) is 0 Å². The second-order valence-corrected chi connectivity index (χ2v) is 7.76. The molecular weight excluding hydrogens is 414 g/mol. The summed E-state index contributed by atoms with van der Waals surface area (Å²) in [7, 11) is 3.47. The molecule has 0 aliphatic carbocycles. The van der Waals surface area contributed by atoms with Crippen LogP contribution in [-0.4, -0.2) is 54.0 Å². The minimum Gasteiger partial charge on any atom is -0.495 e. The number of aromatic nitrogens is 3. The summed E-state index contributed by atoms with van der Waals surface area (Å²) < 4.78 is 7.24. The molecule has 2 heterocycles. The number of nitrogens with one attached hydrogen (secondary N) is 2. The summed E-state index contributed by atoms with van der Waals surface area (Å²) in [4.78, 5) is 10.6. The van der Waals surface area contributed by atoms with Gasteiger partial charge in [-0.1, -0.05) is 23.7 Å². The molecular formula is C22H26ClN7O. The molecule has 2 aromatic carbocycles. The third-order valence-electron chi connectivity index (χ3n) is 5.31. The predicted octanol–water partition coefficient (Wildman–Crippen LogP) is 2.87. The van der Waals surface area contributed by atoms with Crippen LogP contribution in [0.15, 0.2) is 60.1 Å². The van der Waals surface area contributed by atoms with Gasteiger partial charge in [-0.2, -0.15) is 5.10 Å². The van der Waals surface area contributed by atoms with Crippen LogP contribution in [-0.2, 0) is 6.54 Å². The lowest BCUT2D eigenvalue weighted by molar-refractivity contribution is 0.415. The molecule has 3 aromatic rings. The highest BCUT2D eigenvalue weighted by Crippen LogP contribution is 2.33. The van der Waals surface area contributed by atoms with Crippen molar-refractivity contribution < 1.29 is 4.74 Å². The minimum absolute atomic E-state index is 0.282. The molecule has 4 rings (SSSR count). The summed E-state index contributed by atoms with van der Waals surface area (Å²) in [6.45, 7) is 2.45. The van der Waals surface area contributed by atoms with Gasteiger partial charge in [-0.15, -0.1) is 0 Å². The van der Waals surface area contributed by atoms with Gasteiger partial charge in [-0.3, -0.25) is 4.99 Å². The Balaban J connectivity index is 1.31. The van der Waals surface area contributed by atoms with E-state index < -0.39 is 0 Å². The van der Waals surface area contributed by atoms with Crippen molar-refractivity contribution in [3.05, 3.63) is 65.7 Å². The van der Waals surface area contributed by atoms with Gasteiger partial charge in [0, 0.05) is 37.7 Å². The van der Waals surface area contributed by atoms with Gasteiger partial charge in [-0.05, 0) is 42.3 Å². The number of aliphatic imine (C=N–C) groups is 1. The van der Waals surface area contributed by atoms with E-state index >= 15 is 0 Å². The Hall–Kier alpha value is -3.26. The Kier molecular flexibility index (Phi) is 6.57. The highest BCUT2D eigenvalue weighted by atomic mass is 35.5. The zero-order valence-corrected chi connectivity index (χ0v) is 18.4. The molecule has 0 spiro atoms. The third kappa shape index (κ3) is 5.08. The zero-order valence-electron chi connectivity index (χ0n) is 17.6. The molecule has 31 heavy (non-hydrogen) atoms. The predicted molar refractivity (Wildman–Crippen MR) is 123 cm³/mol. The maximum Gasteiger partial charge on any atom is 0.191 e. The van der Waals surface area contributed by atoms with Gasteiger partial charge < -0.3 is 20.3 Å². The van der Waals surface area contributed by atoms with Gasteiger partial charge in [0.05, 0.1) is 18.5 Å². The first-order chi connectivity index (χ1) is 15.2. The molecule has 1 atom stereocenters. The number of hydrogen-bond acceptors (Lipinski definition) is 5. The summed E-state index contributed by atoms with van der Waals surface area (Å²) in [5.41, 5.74) is 3.16. The maximum atomic E-state index is 6.20. The van der Waals surface area contributed by atoms with Crippen LogP contribution in [0.1, 0.15) is 12.0 Å². The lowest BCUT2D eigenvalue weighted by Gasteiger charge is -2.22. The molecule has 1 fully saturated rings. The summed E-state index contributed by atoms with van der Waals surface area (Å²) in [5.74, 6) is 1.62. The Bertz CT molecular complexity index is 1020. The van der Waals surface area contributed by atoms with Gasteiger partial charge >= 0.3 is 0 Å². The first-order valence-electron chi connectivity index (χ1n) is 10.2. The quantitative estimate of drug-likeness (QED) is 0.454. The van der Waals surface area contributed by atoms with Gasteiger partial charge in [-0.25, -0.2) is 9.67 Å². The second kappa shape index (κ2) is 9.70. The van der Waals surface area contributed by atoms with Gasteiger partial charge in [0.15, 0.2) is 5.96 Å². The average molecular weight is 440 g/mol. The molecule has 9 heteroatoms. The van der Waals surface area contributed by atoms with E-state index in [-0.39, 0.29) is 6.04 Å². The fourth-order valence-electron chi connectivity index (χ4n) is 3.69. The number of methoxy groups -OCH3 is 1. The first kappa shape index (κ1) is 21.0. The lowest BCUT2D eigenvalue weighted by atomic mass is 10.2. The summed E-state index contributed by atoms with van der Waals surface area (Å²) in [5, 5.41) is 11.8. The SMILES string of the molecule is CN=C(NCc1ccc(-n2cncn2)cc1)NC1CCN(c2cc(Cl)ccc2OC)C1. The number of benzene rings is 2. The van der Waals surface area contributed by atoms with E-state index in [1.165, 1.54) is 6.33 Å². The molecule has 1 aromatic heterocycles. The molecule has 0 saturated carbocycles. The summed E-state index contributed by atoms with van der Waals surface area (Å²) in [6, 6.07) is 14.2. The van der Waals surface area contributed by atoms with Crippen LogP contribution in [0, 0.1) is 0 Å². The van der Waals surface area contributed by atoms with Crippen LogP contribution in [0.25, 0.3) is 5.69 Å². The van der Waals surface area contributed by atoms with E-state index in [2.05, 4.69) is 42.7 Å². The Morgan fingerprint density at radius 3 is 2.81 bits per heavy atom. The van der Waals surface area contributed by atoms with Crippen LogP contribution in [0.3, 0.4) is 0 Å². The van der Waals surface area contributed by atoms with Crippen molar-refractivity contribution in [2.75, 3.05) is 32.1 Å². The lowest BCUT2D eigenvalue weighted by Crippen LogP contribution is -2.44. The number of halogens is 1. The van der Waals surface area contributed by atoms with Crippen molar-refractivity contribution in [2.45, 2.75) is 19.0 Å². The first-order valence-corrected chi connectivity index (χ1v) is 10.5. The molecule has 0 bridgehead atoms. The topological polar surface area (TPSA) is 79.6 Å². The van der Waals surface area contributed by atoms with E-state index in [0.29, 0.717) is 11.6 Å². The van der Waals surface area contributed by atoms with Crippen molar-refractivity contribution in [1.29, 1.82) is 0 Å². The minimum atomic E-state index is 0.282. The number of nitrogens with zero attached hydrogens (tertiary/aromatic N) is 5. The van der Waals surface area contributed by atoms with E-state index in [0.717, 1.165) is 48.2 Å². The number of rotatable bonds is 6. The molecule has 0 amide bonds. The van der Waals surface area contributed by atoms with E-state index in [1.54, 1.807) is 25.2 Å². The third-order valence-corrected chi connectivity index (χ3v) is 5.55. The van der Waals surface area contributed by atoms with Crippen molar-refractivity contribution in [2.24, 2.45) is 4.99 Å². The second-order valence-electron chi connectivity index (χ2n) is 7.32. The molecule has 1 unspecified atom stereocenters. The Labute approximate surface area is 186 Å².